The lowest BCUT2D eigenvalue weighted by molar-refractivity contribution is 0.0596. The summed E-state index contributed by atoms with van der Waals surface area (Å²) in [6, 6.07) is 4.83. The van der Waals surface area contributed by atoms with Crippen molar-refractivity contribution >= 4 is 16.9 Å². The first-order valence-electron chi connectivity index (χ1n) is 3.98. The third-order valence-corrected chi connectivity index (χ3v) is 1.95. The fourth-order valence-electron chi connectivity index (χ4n) is 1.28. The van der Waals surface area contributed by atoms with E-state index in [0.29, 0.717) is 10.9 Å². The number of fused-ring (bicyclic) bond motifs is 1. The fourth-order valence-corrected chi connectivity index (χ4v) is 1.28. The van der Waals surface area contributed by atoms with E-state index in [9.17, 15) is 9.90 Å². The highest BCUT2D eigenvalue weighted by atomic mass is 16.5. The molecule has 0 spiro atoms. The summed E-state index contributed by atoms with van der Waals surface area (Å²) in [5.74, 6) is -0.466. The van der Waals surface area contributed by atoms with Crippen LogP contribution in [0.5, 0.6) is 5.75 Å². The fraction of sp³-hybridized carbons (Fsp3) is 0.111. The lowest BCUT2D eigenvalue weighted by Gasteiger charge is -1.95. The Hall–Kier alpha value is -2.04. The summed E-state index contributed by atoms with van der Waals surface area (Å²) in [6.07, 6.45) is 0. The van der Waals surface area contributed by atoms with E-state index in [-0.39, 0.29) is 11.4 Å². The Morgan fingerprint density at radius 3 is 3.07 bits per heavy atom. The molecule has 1 heterocycles. The molecule has 0 saturated heterocycles. The van der Waals surface area contributed by atoms with Crippen LogP contribution in [0.15, 0.2) is 18.2 Å². The van der Waals surface area contributed by atoms with Crippen LogP contribution >= 0.6 is 0 Å². The van der Waals surface area contributed by atoms with Crippen molar-refractivity contribution in [2.45, 2.75) is 0 Å². The van der Waals surface area contributed by atoms with Gasteiger partial charge in [-0.05, 0) is 6.07 Å². The quantitative estimate of drug-likeness (QED) is 0.662. The molecule has 0 atom stereocenters. The van der Waals surface area contributed by atoms with Crippen molar-refractivity contribution in [1.82, 2.24) is 10.2 Å². The lowest BCUT2D eigenvalue weighted by atomic mass is 10.2. The summed E-state index contributed by atoms with van der Waals surface area (Å²) in [4.78, 5) is 11.2. The maximum atomic E-state index is 11.2. The van der Waals surface area contributed by atoms with Crippen molar-refractivity contribution in [3.05, 3.63) is 23.9 Å². The first-order valence-corrected chi connectivity index (χ1v) is 3.98. The number of aromatic amines is 1. The van der Waals surface area contributed by atoms with E-state index in [2.05, 4.69) is 14.9 Å². The number of ether oxygens (including phenoxy) is 1. The Labute approximate surface area is 79.3 Å². The van der Waals surface area contributed by atoms with Gasteiger partial charge in [-0.15, -0.1) is 0 Å². The second kappa shape index (κ2) is 3.02. The van der Waals surface area contributed by atoms with Crippen LogP contribution in [-0.4, -0.2) is 28.4 Å². The monoisotopic (exact) mass is 192 g/mol. The van der Waals surface area contributed by atoms with Gasteiger partial charge < -0.3 is 9.84 Å². The van der Waals surface area contributed by atoms with E-state index in [1.54, 1.807) is 12.1 Å². The zero-order chi connectivity index (χ0) is 10.1. The second-order valence-electron chi connectivity index (χ2n) is 2.76. The number of aromatic nitrogens is 2. The van der Waals surface area contributed by atoms with Crippen molar-refractivity contribution in [2.24, 2.45) is 0 Å². The normalized spacial score (nSPS) is 10.4. The Kier molecular flexibility index (Phi) is 1.85. The third-order valence-electron chi connectivity index (χ3n) is 1.95. The number of aromatic hydroxyl groups is 1. The first kappa shape index (κ1) is 8.55. The molecule has 0 bridgehead atoms. The van der Waals surface area contributed by atoms with Crippen LogP contribution in [0.3, 0.4) is 0 Å². The van der Waals surface area contributed by atoms with Crippen molar-refractivity contribution in [3.63, 3.8) is 0 Å². The summed E-state index contributed by atoms with van der Waals surface area (Å²) in [7, 11) is 1.29. The summed E-state index contributed by atoms with van der Waals surface area (Å²) < 4.78 is 4.55. The number of esters is 1. The summed E-state index contributed by atoms with van der Waals surface area (Å²) in [5, 5.41) is 16.3. The number of H-pyrrole nitrogens is 1. The molecule has 2 rings (SSSR count). The molecule has 0 aliphatic rings. The Morgan fingerprint density at radius 2 is 2.36 bits per heavy atom. The molecule has 0 fully saturated rings. The molecule has 1 aromatic carbocycles. The number of hydrogen-bond acceptors (Lipinski definition) is 4. The van der Waals surface area contributed by atoms with E-state index in [1.165, 1.54) is 13.2 Å². The van der Waals surface area contributed by atoms with Crippen LogP contribution in [0, 0.1) is 0 Å². The number of benzene rings is 1. The zero-order valence-corrected chi connectivity index (χ0v) is 7.44. The minimum absolute atomic E-state index is 0.0360. The number of nitrogens with zero attached hydrogens (tertiary/aromatic N) is 1. The minimum Gasteiger partial charge on any atom is -0.506 e. The van der Waals surface area contributed by atoms with Crippen molar-refractivity contribution in [1.29, 1.82) is 0 Å². The van der Waals surface area contributed by atoms with Gasteiger partial charge in [0.1, 0.15) is 11.3 Å². The number of hydrogen-bond donors (Lipinski definition) is 2. The molecule has 0 amide bonds. The van der Waals surface area contributed by atoms with Gasteiger partial charge in [-0.2, -0.15) is 5.10 Å². The highest BCUT2D eigenvalue weighted by molar-refractivity contribution is 6.03. The Balaban J connectivity index is 2.70. The van der Waals surface area contributed by atoms with Crippen LogP contribution in [0.2, 0.25) is 0 Å². The zero-order valence-electron chi connectivity index (χ0n) is 7.44. The van der Waals surface area contributed by atoms with Gasteiger partial charge in [-0.25, -0.2) is 4.79 Å². The topological polar surface area (TPSA) is 75.2 Å². The SMILES string of the molecule is COC(=O)c1[nH]nc2c(O)cccc12. The van der Waals surface area contributed by atoms with E-state index >= 15 is 0 Å². The second-order valence-corrected chi connectivity index (χ2v) is 2.76. The minimum atomic E-state index is -0.502. The molecule has 0 saturated carbocycles. The molecule has 2 aromatic rings. The molecule has 14 heavy (non-hydrogen) atoms. The van der Waals surface area contributed by atoms with E-state index in [0.717, 1.165) is 0 Å². The number of rotatable bonds is 1. The van der Waals surface area contributed by atoms with Crippen molar-refractivity contribution in [2.75, 3.05) is 7.11 Å². The van der Waals surface area contributed by atoms with Gasteiger partial charge in [0, 0.05) is 5.39 Å². The van der Waals surface area contributed by atoms with Crippen molar-refractivity contribution in [3.8, 4) is 5.75 Å². The van der Waals surface area contributed by atoms with Gasteiger partial charge in [0.05, 0.1) is 7.11 Å². The smallest absolute Gasteiger partial charge is 0.356 e. The standard InChI is InChI=1S/C9H8N2O3/c1-14-9(13)8-5-3-2-4-6(12)7(5)10-11-8/h2-4,12H,1H3,(H,10,11). The van der Waals surface area contributed by atoms with Crippen LogP contribution < -0.4 is 0 Å². The molecule has 5 nitrogen and oxygen atoms in total. The molecular weight excluding hydrogens is 184 g/mol. The molecule has 72 valence electrons. The summed E-state index contributed by atoms with van der Waals surface area (Å²) >= 11 is 0. The maximum absolute atomic E-state index is 11.2. The van der Waals surface area contributed by atoms with Gasteiger partial charge in [0.15, 0.2) is 5.69 Å². The molecule has 0 unspecified atom stereocenters. The summed E-state index contributed by atoms with van der Waals surface area (Å²) in [6.45, 7) is 0. The molecule has 0 aliphatic heterocycles. The molecule has 0 radical (unpaired) electrons. The number of carbonyl (C=O) groups is 1. The van der Waals surface area contributed by atoms with Crippen LogP contribution in [0.25, 0.3) is 10.9 Å². The molecule has 2 N–H and O–H groups in total. The van der Waals surface area contributed by atoms with E-state index in [4.69, 9.17) is 0 Å². The number of nitrogens with one attached hydrogen (secondary N) is 1. The van der Waals surface area contributed by atoms with Crippen molar-refractivity contribution < 1.29 is 14.6 Å². The predicted molar refractivity (Wildman–Crippen MR) is 49.1 cm³/mol. The predicted octanol–water partition coefficient (Wildman–Crippen LogP) is 1.06. The lowest BCUT2D eigenvalue weighted by Crippen LogP contribution is -2.01. The average molecular weight is 192 g/mol. The summed E-state index contributed by atoms with van der Waals surface area (Å²) in [5.41, 5.74) is 0.617. The molecule has 0 aliphatic carbocycles. The highest BCUT2D eigenvalue weighted by Crippen LogP contribution is 2.24. The van der Waals surface area contributed by atoms with Crippen LogP contribution in [0.1, 0.15) is 10.5 Å². The van der Waals surface area contributed by atoms with Gasteiger partial charge >= 0.3 is 5.97 Å². The number of carbonyl (C=O) groups excluding carboxylic acids is 1. The van der Waals surface area contributed by atoms with Gasteiger partial charge in [0.2, 0.25) is 0 Å². The van der Waals surface area contributed by atoms with Crippen LogP contribution in [0.4, 0.5) is 0 Å². The maximum Gasteiger partial charge on any atom is 0.356 e. The van der Waals surface area contributed by atoms with E-state index in [1.807, 2.05) is 0 Å². The number of phenolic OH excluding ortho intramolecular Hbond substituents is 1. The molecular formula is C9H8N2O3. The first-order chi connectivity index (χ1) is 6.74. The number of methoxy groups -OCH3 is 1. The number of para-hydroxylation sites is 1. The van der Waals surface area contributed by atoms with Crippen LogP contribution in [-0.2, 0) is 4.74 Å². The largest absolute Gasteiger partial charge is 0.506 e. The molecule has 5 heteroatoms. The Bertz CT molecular complexity index is 490. The third kappa shape index (κ3) is 1.10. The average Bonchev–Trinajstić information content (AvgIpc) is 2.62. The van der Waals surface area contributed by atoms with Gasteiger partial charge in [0.25, 0.3) is 0 Å². The Morgan fingerprint density at radius 1 is 1.57 bits per heavy atom. The highest BCUT2D eigenvalue weighted by Gasteiger charge is 2.14. The van der Waals surface area contributed by atoms with Gasteiger partial charge in [-0.3, -0.25) is 5.10 Å². The number of phenols is 1. The van der Waals surface area contributed by atoms with Gasteiger partial charge in [-0.1, -0.05) is 12.1 Å². The molecule has 1 aromatic heterocycles. The van der Waals surface area contributed by atoms with E-state index < -0.39 is 5.97 Å².